The Morgan fingerprint density at radius 2 is 2.00 bits per heavy atom. The molecule has 4 nitrogen and oxygen atoms in total. The number of nitrogen functional groups attached to an aromatic ring is 1. The maximum absolute atomic E-state index is 13.2. The first-order valence-corrected chi connectivity index (χ1v) is 5.30. The summed E-state index contributed by atoms with van der Waals surface area (Å²) in [6, 6.07) is 4.22. The number of nitriles is 1. The van der Waals surface area contributed by atoms with Crippen molar-refractivity contribution in [1.82, 2.24) is 0 Å². The number of nitrogens with zero attached hydrogens (tertiary/aromatic N) is 1. The number of halogens is 1. The molecule has 0 aliphatic rings. The molecular formula is C12H17FN2O2. The van der Waals surface area contributed by atoms with Crippen molar-refractivity contribution in [3.05, 3.63) is 23.5 Å². The van der Waals surface area contributed by atoms with Crippen LogP contribution in [0.4, 0.5) is 10.1 Å². The van der Waals surface area contributed by atoms with Gasteiger partial charge in [0, 0.05) is 19.2 Å². The van der Waals surface area contributed by atoms with Crippen molar-refractivity contribution in [1.29, 1.82) is 5.26 Å². The Labute approximate surface area is 101 Å². The van der Waals surface area contributed by atoms with E-state index in [0.29, 0.717) is 19.0 Å². The van der Waals surface area contributed by atoms with E-state index in [1.165, 1.54) is 13.2 Å². The molecule has 17 heavy (non-hydrogen) atoms. The number of rotatable bonds is 4. The molecule has 1 rings (SSSR count). The average Bonchev–Trinajstić information content (AvgIpc) is 2.32. The van der Waals surface area contributed by atoms with Crippen molar-refractivity contribution in [2.24, 2.45) is 0 Å². The van der Waals surface area contributed by atoms with E-state index in [1.54, 1.807) is 6.07 Å². The Morgan fingerprint density at radius 1 is 1.35 bits per heavy atom. The Morgan fingerprint density at radius 3 is 2.47 bits per heavy atom. The minimum absolute atomic E-state index is 0.0740. The first kappa shape index (κ1) is 15.2. The number of nitrogens with two attached hydrogens (primary N) is 1. The average molecular weight is 240 g/mol. The Hall–Kier alpha value is -1.80. The molecular weight excluding hydrogens is 223 g/mol. The predicted octanol–water partition coefficient (Wildman–Crippen LogP) is 2.33. The van der Waals surface area contributed by atoms with Crippen molar-refractivity contribution in [3.8, 4) is 11.8 Å². The summed E-state index contributed by atoms with van der Waals surface area (Å²) in [7, 11) is 1.54. The van der Waals surface area contributed by atoms with Crippen LogP contribution in [0.25, 0.3) is 0 Å². The van der Waals surface area contributed by atoms with Crippen molar-refractivity contribution < 1.29 is 13.9 Å². The van der Waals surface area contributed by atoms with Gasteiger partial charge < -0.3 is 15.2 Å². The van der Waals surface area contributed by atoms with Gasteiger partial charge in [-0.25, -0.2) is 4.39 Å². The fourth-order valence-electron chi connectivity index (χ4n) is 1.05. The lowest BCUT2D eigenvalue weighted by molar-refractivity contribution is 0.146. The molecule has 0 radical (unpaired) electrons. The van der Waals surface area contributed by atoms with Gasteiger partial charge in [-0.15, -0.1) is 0 Å². The van der Waals surface area contributed by atoms with E-state index in [9.17, 15) is 4.39 Å². The van der Waals surface area contributed by atoms with Crippen LogP contribution in [0, 0.1) is 17.1 Å². The molecule has 1 aromatic rings. The SMILES string of the molecule is CC.COCCOc1cc(N)c(C#N)c(F)c1. The van der Waals surface area contributed by atoms with Crippen LogP contribution in [0.2, 0.25) is 0 Å². The molecule has 1 aromatic carbocycles. The van der Waals surface area contributed by atoms with Crippen molar-refractivity contribution in [3.63, 3.8) is 0 Å². The zero-order valence-corrected chi connectivity index (χ0v) is 10.3. The molecule has 0 saturated heterocycles. The third kappa shape index (κ3) is 4.70. The van der Waals surface area contributed by atoms with Crippen LogP contribution in [0.3, 0.4) is 0 Å². The third-order valence-corrected chi connectivity index (χ3v) is 1.76. The lowest BCUT2D eigenvalue weighted by Crippen LogP contribution is -2.05. The molecule has 0 heterocycles. The highest BCUT2D eigenvalue weighted by Gasteiger charge is 2.08. The topological polar surface area (TPSA) is 68.3 Å². The van der Waals surface area contributed by atoms with Crippen LogP contribution < -0.4 is 10.5 Å². The second kappa shape index (κ2) is 8.36. The Bertz CT molecular complexity index is 366. The number of anilines is 1. The molecule has 0 spiro atoms. The fourth-order valence-corrected chi connectivity index (χ4v) is 1.05. The molecule has 0 bridgehead atoms. The molecule has 0 aromatic heterocycles. The van der Waals surface area contributed by atoms with Crippen molar-refractivity contribution in [2.45, 2.75) is 13.8 Å². The summed E-state index contributed by atoms with van der Waals surface area (Å²) >= 11 is 0. The second-order valence-electron chi connectivity index (χ2n) is 2.82. The van der Waals surface area contributed by atoms with Crippen LogP contribution in [-0.2, 0) is 4.74 Å². The van der Waals surface area contributed by atoms with E-state index in [0.717, 1.165) is 6.07 Å². The molecule has 0 saturated carbocycles. The maximum Gasteiger partial charge on any atom is 0.146 e. The van der Waals surface area contributed by atoms with Crippen molar-refractivity contribution >= 4 is 5.69 Å². The number of methoxy groups -OCH3 is 1. The van der Waals surface area contributed by atoms with Crippen molar-refractivity contribution in [2.75, 3.05) is 26.1 Å². The normalized spacial score (nSPS) is 8.88. The van der Waals surface area contributed by atoms with E-state index in [-0.39, 0.29) is 11.3 Å². The zero-order chi connectivity index (χ0) is 13.3. The highest BCUT2D eigenvalue weighted by Crippen LogP contribution is 2.22. The minimum Gasteiger partial charge on any atom is -0.491 e. The van der Waals surface area contributed by atoms with Crippen LogP contribution in [0.15, 0.2) is 12.1 Å². The van der Waals surface area contributed by atoms with Crippen LogP contribution >= 0.6 is 0 Å². The van der Waals surface area contributed by atoms with E-state index >= 15 is 0 Å². The lowest BCUT2D eigenvalue weighted by atomic mass is 10.2. The summed E-state index contributed by atoms with van der Waals surface area (Å²) in [5.41, 5.74) is 5.38. The molecule has 0 fully saturated rings. The van der Waals surface area contributed by atoms with Gasteiger partial charge in [-0.05, 0) is 0 Å². The summed E-state index contributed by atoms with van der Waals surface area (Å²) in [6.45, 7) is 4.71. The smallest absolute Gasteiger partial charge is 0.146 e. The standard InChI is InChI=1S/C10H11FN2O2.C2H6/c1-14-2-3-15-7-4-9(11)8(6-12)10(13)5-7;1-2/h4-5H,2-3,13H2,1H3;1-2H3. The van der Waals surface area contributed by atoms with E-state index in [1.807, 2.05) is 13.8 Å². The third-order valence-electron chi connectivity index (χ3n) is 1.76. The van der Waals surface area contributed by atoms with Gasteiger partial charge >= 0.3 is 0 Å². The largest absolute Gasteiger partial charge is 0.491 e. The molecule has 0 amide bonds. The highest BCUT2D eigenvalue weighted by atomic mass is 19.1. The molecule has 0 aliphatic heterocycles. The Balaban J connectivity index is 0.00000121. The van der Waals surface area contributed by atoms with Crippen LogP contribution in [0.5, 0.6) is 5.75 Å². The van der Waals surface area contributed by atoms with Crippen LogP contribution in [-0.4, -0.2) is 20.3 Å². The summed E-state index contributed by atoms with van der Waals surface area (Å²) in [5.74, 6) is -0.383. The van der Waals surface area contributed by atoms with E-state index < -0.39 is 5.82 Å². The molecule has 2 N–H and O–H groups in total. The van der Waals surface area contributed by atoms with Gasteiger partial charge in [0.1, 0.15) is 29.8 Å². The molecule has 0 aliphatic carbocycles. The molecule has 94 valence electrons. The van der Waals surface area contributed by atoms with Gasteiger partial charge in [-0.3, -0.25) is 0 Å². The molecule has 0 atom stereocenters. The number of hydrogen-bond donors (Lipinski definition) is 1. The lowest BCUT2D eigenvalue weighted by Gasteiger charge is -2.07. The van der Waals surface area contributed by atoms with Gasteiger partial charge in [0.2, 0.25) is 0 Å². The van der Waals surface area contributed by atoms with E-state index in [4.69, 9.17) is 20.5 Å². The van der Waals surface area contributed by atoms with Crippen LogP contribution in [0.1, 0.15) is 19.4 Å². The van der Waals surface area contributed by atoms with Gasteiger partial charge in [0.15, 0.2) is 0 Å². The summed E-state index contributed by atoms with van der Waals surface area (Å²) in [6.07, 6.45) is 0. The molecule has 5 heteroatoms. The maximum atomic E-state index is 13.2. The van der Waals surface area contributed by atoms with Gasteiger partial charge in [0.05, 0.1) is 12.3 Å². The first-order valence-electron chi connectivity index (χ1n) is 5.30. The number of ether oxygens (including phenoxy) is 2. The summed E-state index contributed by atoms with van der Waals surface area (Å²) in [4.78, 5) is 0. The van der Waals surface area contributed by atoms with Gasteiger partial charge in [0.25, 0.3) is 0 Å². The summed E-state index contributed by atoms with van der Waals surface area (Å²) < 4.78 is 23.1. The zero-order valence-electron chi connectivity index (χ0n) is 10.3. The summed E-state index contributed by atoms with van der Waals surface area (Å²) in [5, 5.41) is 8.57. The fraction of sp³-hybridized carbons (Fsp3) is 0.417. The predicted molar refractivity (Wildman–Crippen MR) is 64.2 cm³/mol. The van der Waals surface area contributed by atoms with E-state index in [2.05, 4.69) is 0 Å². The highest BCUT2D eigenvalue weighted by molar-refractivity contribution is 5.57. The number of hydrogen-bond acceptors (Lipinski definition) is 4. The molecule has 0 unspecified atom stereocenters. The quantitative estimate of drug-likeness (QED) is 0.647. The monoisotopic (exact) mass is 240 g/mol. The second-order valence-corrected chi connectivity index (χ2v) is 2.82. The first-order chi connectivity index (χ1) is 8.19. The van der Waals surface area contributed by atoms with Gasteiger partial charge in [-0.1, -0.05) is 13.8 Å². The minimum atomic E-state index is -0.676. The number of benzene rings is 1. The van der Waals surface area contributed by atoms with Gasteiger partial charge in [-0.2, -0.15) is 5.26 Å². The Kier molecular flexibility index (Phi) is 7.48.